The van der Waals surface area contributed by atoms with Crippen molar-refractivity contribution in [3.63, 3.8) is 0 Å². The summed E-state index contributed by atoms with van der Waals surface area (Å²) < 4.78 is 10.8. The second-order valence-electron chi connectivity index (χ2n) is 8.27. The highest BCUT2D eigenvalue weighted by Gasteiger charge is 2.23. The van der Waals surface area contributed by atoms with E-state index in [1.165, 1.54) is 5.56 Å². The van der Waals surface area contributed by atoms with Gasteiger partial charge in [-0.3, -0.25) is 0 Å². The molecule has 1 aliphatic heterocycles. The molecule has 0 aromatic heterocycles. The minimum absolute atomic E-state index is 0.0641. The van der Waals surface area contributed by atoms with Gasteiger partial charge in [-0.2, -0.15) is 0 Å². The summed E-state index contributed by atoms with van der Waals surface area (Å²) in [4.78, 5) is 16.7. The molecule has 0 unspecified atom stereocenters. The fourth-order valence-corrected chi connectivity index (χ4v) is 3.45. The van der Waals surface area contributed by atoms with E-state index in [0.717, 1.165) is 36.0 Å². The summed E-state index contributed by atoms with van der Waals surface area (Å²) >= 11 is 0. The molecule has 1 saturated heterocycles. The molecule has 2 amide bonds. The van der Waals surface area contributed by atoms with Crippen LogP contribution in [0.1, 0.15) is 26.3 Å². The maximum absolute atomic E-state index is 12.7. The molecule has 2 aromatic rings. The Kier molecular flexibility index (Phi) is 6.20. The number of rotatable bonds is 4. The van der Waals surface area contributed by atoms with E-state index in [1.807, 2.05) is 35.2 Å². The van der Waals surface area contributed by atoms with Gasteiger partial charge in [-0.15, -0.1) is 0 Å². The number of carbonyl (C=O) groups excluding carboxylic acids is 1. The molecule has 6 heteroatoms. The largest absolute Gasteiger partial charge is 0.497 e. The van der Waals surface area contributed by atoms with E-state index in [0.29, 0.717) is 13.1 Å². The van der Waals surface area contributed by atoms with E-state index >= 15 is 0 Å². The van der Waals surface area contributed by atoms with Gasteiger partial charge in [0, 0.05) is 37.9 Å². The average Bonchev–Trinajstić information content (AvgIpc) is 2.73. The zero-order valence-corrected chi connectivity index (χ0v) is 18.0. The lowest BCUT2D eigenvalue weighted by molar-refractivity contribution is 0.208. The number of piperazine rings is 1. The zero-order chi connectivity index (χ0) is 21.0. The van der Waals surface area contributed by atoms with Gasteiger partial charge in [-0.05, 0) is 35.2 Å². The molecular weight excluding hydrogens is 366 g/mol. The monoisotopic (exact) mass is 397 g/mol. The van der Waals surface area contributed by atoms with Gasteiger partial charge in [-0.1, -0.05) is 32.9 Å². The number of ether oxygens (including phenoxy) is 2. The van der Waals surface area contributed by atoms with Crippen molar-refractivity contribution in [1.29, 1.82) is 0 Å². The van der Waals surface area contributed by atoms with Gasteiger partial charge in [0.25, 0.3) is 0 Å². The molecule has 0 radical (unpaired) electrons. The van der Waals surface area contributed by atoms with Crippen molar-refractivity contribution in [1.82, 2.24) is 4.90 Å². The molecule has 2 aromatic carbocycles. The molecule has 1 heterocycles. The van der Waals surface area contributed by atoms with Crippen molar-refractivity contribution in [2.45, 2.75) is 26.2 Å². The summed E-state index contributed by atoms with van der Waals surface area (Å²) in [6, 6.07) is 13.8. The highest BCUT2D eigenvalue weighted by molar-refractivity contribution is 5.89. The molecule has 0 aliphatic carbocycles. The van der Waals surface area contributed by atoms with E-state index in [9.17, 15) is 4.79 Å². The molecule has 0 bridgehead atoms. The second kappa shape index (κ2) is 8.64. The molecule has 0 atom stereocenters. The lowest BCUT2D eigenvalue weighted by Gasteiger charge is -2.36. The highest BCUT2D eigenvalue weighted by atomic mass is 16.5. The number of hydrogen-bond donors (Lipinski definition) is 1. The summed E-state index contributed by atoms with van der Waals surface area (Å²) in [5.74, 6) is 1.60. The van der Waals surface area contributed by atoms with Crippen LogP contribution in [0.15, 0.2) is 42.5 Å². The van der Waals surface area contributed by atoms with Gasteiger partial charge < -0.3 is 24.6 Å². The van der Waals surface area contributed by atoms with E-state index < -0.39 is 0 Å². The molecule has 3 rings (SSSR count). The molecule has 0 saturated carbocycles. The van der Waals surface area contributed by atoms with Crippen LogP contribution in [0.2, 0.25) is 0 Å². The first-order chi connectivity index (χ1) is 13.8. The number of hydrogen-bond acceptors (Lipinski definition) is 4. The van der Waals surface area contributed by atoms with Crippen molar-refractivity contribution in [3.8, 4) is 11.5 Å². The van der Waals surface area contributed by atoms with Crippen LogP contribution >= 0.6 is 0 Å². The lowest BCUT2D eigenvalue weighted by atomic mass is 9.87. The highest BCUT2D eigenvalue weighted by Crippen LogP contribution is 2.33. The number of amides is 2. The molecule has 29 heavy (non-hydrogen) atoms. The third kappa shape index (κ3) is 4.94. The van der Waals surface area contributed by atoms with Crippen LogP contribution in [0.25, 0.3) is 0 Å². The predicted octanol–water partition coefficient (Wildman–Crippen LogP) is 4.36. The van der Waals surface area contributed by atoms with E-state index in [4.69, 9.17) is 9.47 Å². The molecule has 6 nitrogen and oxygen atoms in total. The Morgan fingerprint density at radius 3 is 2.14 bits per heavy atom. The summed E-state index contributed by atoms with van der Waals surface area (Å²) in [6.07, 6.45) is 0. The number of nitrogens with zero attached hydrogens (tertiary/aromatic N) is 2. The quantitative estimate of drug-likeness (QED) is 0.833. The lowest BCUT2D eigenvalue weighted by Crippen LogP contribution is -2.50. The Hall–Kier alpha value is -2.89. The van der Waals surface area contributed by atoms with Crippen LogP contribution in [0.4, 0.5) is 16.2 Å². The minimum atomic E-state index is -0.0641. The van der Waals surface area contributed by atoms with Gasteiger partial charge in [-0.25, -0.2) is 4.79 Å². The number of benzene rings is 2. The number of nitrogens with one attached hydrogen (secondary N) is 1. The maximum Gasteiger partial charge on any atom is 0.321 e. The van der Waals surface area contributed by atoms with Crippen molar-refractivity contribution < 1.29 is 14.3 Å². The normalized spacial score (nSPS) is 14.5. The van der Waals surface area contributed by atoms with Crippen molar-refractivity contribution in [2.75, 3.05) is 50.6 Å². The maximum atomic E-state index is 12.7. The molecule has 1 aliphatic rings. The third-order valence-electron chi connectivity index (χ3n) is 5.30. The Balaban J connectivity index is 1.60. The van der Waals surface area contributed by atoms with E-state index in [-0.39, 0.29) is 11.4 Å². The van der Waals surface area contributed by atoms with Crippen LogP contribution in [0, 0.1) is 0 Å². The van der Waals surface area contributed by atoms with Crippen molar-refractivity contribution in [3.05, 3.63) is 48.0 Å². The van der Waals surface area contributed by atoms with Crippen molar-refractivity contribution >= 4 is 17.4 Å². The van der Waals surface area contributed by atoms with Crippen LogP contribution in [-0.2, 0) is 5.41 Å². The summed E-state index contributed by atoms with van der Waals surface area (Å²) in [7, 11) is 3.32. The molecule has 0 spiro atoms. The molecule has 1 fully saturated rings. The Labute approximate surface area is 173 Å². The van der Waals surface area contributed by atoms with Gasteiger partial charge in [0.2, 0.25) is 0 Å². The van der Waals surface area contributed by atoms with Crippen LogP contribution in [0.3, 0.4) is 0 Å². The van der Waals surface area contributed by atoms with Gasteiger partial charge in [0.1, 0.15) is 11.5 Å². The standard InChI is InChI=1S/C23H31N3O3/c1-23(2,3)17-6-8-18(9-7-17)24-22(27)26-14-12-25(13-15-26)20-16-19(28-4)10-11-21(20)29-5/h6-11,16H,12-15H2,1-5H3,(H,24,27). The minimum Gasteiger partial charge on any atom is -0.497 e. The third-order valence-corrected chi connectivity index (χ3v) is 5.30. The Bertz CT molecular complexity index is 835. The number of urea groups is 1. The topological polar surface area (TPSA) is 54.0 Å². The fourth-order valence-electron chi connectivity index (χ4n) is 3.45. The van der Waals surface area contributed by atoms with E-state index in [1.54, 1.807) is 14.2 Å². The fraction of sp³-hybridized carbons (Fsp3) is 0.435. The zero-order valence-electron chi connectivity index (χ0n) is 18.0. The van der Waals surface area contributed by atoms with Crippen LogP contribution < -0.4 is 19.7 Å². The number of methoxy groups -OCH3 is 2. The first-order valence-electron chi connectivity index (χ1n) is 9.95. The van der Waals surface area contributed by atoms with Gasteiger partial charge in [0.05, 0.1) is 19.9 Å². The number of anilines is 2. The smallest absolute Gasteiger partial charge is 0.321 e. The second-order valence-corrected chi connectivity index (χ2v) is 8.27. The average molecular weight is 398 g/mol. The Morgan fingerprint density at radius 1 is 0.931 bits per heavy atom. The van der Waals surface area contributed by atoms with Gasteiger partial charge in [0.15, 0.2) is 0 Å². The van der Waals surface area contributed by atoms with Crippen LogP contribution in [-0.4, -0.2) is 51.3 Å². The summed E-state index contributed by atoms with van der Waals surface area (Å²) in [6.45, 7) is 9.30. The van der Waals surface area contributed by atoms with Gasteiger partial charge >= 0.3 is 6.03 Å². The van der Waals surface area contributed by atoms with Crippen LogP contribution in [0.5, 0.6) is 11.5 Å². The predicted molar refractivity (Wildman–Crippen MR) is 117 cm³/mol. The number of carbonyl (C=O) groups is 1. The first-order valence-corrected chi connectivity index (χ1v) is 9.95. The summed E-state index contributed by atoms with van der Waals surface area (Å²) in [5, 5.41) is 3.01. The summed E-state index contributed by atoms with van der Waals surface area (Å²) in [5.41, 5.74) is 3.15. The van der Waals surface area contributed by atoms with E-state index in [2.05, 4.69) is 43.1 Å². The SMILES string of the molecule is COc1ccc(OC)c(N2CCN(C(=O)Nc3ccc(C(C)(C)C)cc3)CC2)c1. The first kappa shape index (κ1) is 20.8. The molecular formula is C23H31N3O3. The molecule has 156 valence electrons. The molecule has 1 N–H and O–H groups in total. The van der Waals surface area contributed by atoms with Crippen molar-refractivity contribution in [2.24, 2.45) is 0 Å². The Morgan fingerprint density at radius 2 is 1.59 bits per heavy atom.